The van der Waals surface area contributed by atoms with Gasteiger partial charge in [0.1, 0.15) is 0 Å². The van der Waals surface area contributed by atoms with Gasteiger partial charge in [-0.25, -0.2) is 8.42 Å². The van der Waals surface area contributed by atoms with Crippen LogP contribution in [0.15, 0.2) is 0 Å². The van der Waals surface area contributed by atoms with Gasteiger partial charge < -0.3 is 10.1 Å². The third-order valence-corrected chi connectivity index (χ3v) is 5.52. The van der Waals surface area contributed by atoms with Gasteiger partial charge in [-0.3, -0.25) is 0 Å². The second-order valence-corrected chi connectivity index (χ2v) is 7.63. The Morgan fingerprint density at radius 2 is 2.06 bits per heavy atom. The van der Waals surface area contributed by atoms with E-state index in [0.29, 0.717) is 11.5 Å². The zero-order valence-corrected chi connectivity index (χ0v) is 10.7. The summed E-state index contributed by atoms with van der Waals surface area (Å²) in [4.78, 5) is 0. The van der Waals surface area contributed by atoms with E-state index < -0.39 is 9.84 Å². The maximum Gasteiger partial charge on any atom is 0.151 e. The summed E-state index contributed by atoms with van der Waals surface area (Å²) in [6.07, 6.45) is 2.91. The Morgan fingerprint density at radius 1 is 1.38 bits per heavy atom. The molecule has 0 aliphatic carbocycles. The highest BCUT2D eigenvalue weighted by Crippen LogP contribution is 2.29. The molecule has 0 radical (unpaired) electrons. The van der Waals surface area contributed by atoms with E-state index >= 15 is 0 Å². The van der Waals surface area contributed by atoms with E-state index in [-0.39, 0.29) is 11.5 Å². The first kappa shape index (κ1) is 12.3. The van der Waals surface area contributed by atoms with Crippen molar-refractivity contribution in [2.75, 3.05) is 31.3 Å². The smallest absolute Gasteiger partial charge is 0.151 e. The summed E-state index contributed by atoms with van der Waals surface area (Å²) >= 11 is 0. The van der Waals surface area contributed by atoms with Crippen LogP contribution in [0.3, 0.4) is 0 Å². The monoisotopic (exact) mass is 247 g/mol. The highest BCUT2D eigenvalue weighted by Gasteiger charge is 2.31. The molecule has 2 saturated heterocycles. The van der Waals surface area contributed by atoms with E-state index in [1.54, 1.807) is 0 Å². The quantitative estimate of drug-likeness (QED) is 0.792. The van der Waals surface area contributed by atoms with Crippen LogP contribution in [-0.4, -0.2) is 45.7 Å². The summed E-state index contributed by atoms with van der Waals surface area (Å²) in [6.45, 7) is 4.84. The molecule has 0 aromatic carbocycles. The topological polar surface area (TPSA) is 55.4 Å². The number of hydrogen-bond acceptors (Lipinski definition) is 4. The van der Waals surface area contributed by atoms with Crippen molar-refractivity contribution in [1.82, 2.24) is 5.32 Å². The van der Waals surface area contributed by atoms with Gasteiger partial charge in [-0.1, -0.05) is 6.92 Å². The maximum atomic E-state index is 11.3. The second-order valence-electron chi connectivity index (χ2n) is 5.40. The maximum absolute atomic E-state index is 11.3. The van der Waals surface area contributed by atoms with Gasteiger partial charge in [0.2, 0.25) is 0 Å². The first-order valence-corrected chi connectivity index (χ1v) is 7.83. The van der Waals surface area contributed by atoms with Crippen molar-refractivity contribution in [2.45, 2.75) is 32.2 Å². The van der Waals surface area contributed by atoms with E-state index in [9.17, 15) is 8.42 Å². The first-order valence-electron chi connectivity index (χ1n) is 6.01. The first-order chi connectivity index (χ1) is 7.49. The largest absolute Gasteiger partial charge is 0.381 e. The molecule has 2 fully saturated rings. The van der Waals surface area contributed by atoms with Crippen LogP contribution in [-0.2, 0) is 14.6 Å². The van der Waals surface area contributed by atoms with E-state index in [1.165, 1.54) is 0 Å². The standard InChI is InChI=1S/C11H21NO3S/c1-11(3-5-15-6-4-11)9-12-10-2-7-16(13,14)8-10/h10,12H,2-9H2,1H3. The number of sulfone groups is 1. The molecule has 1 unspecified atom stereocenters. The van der Waals surface area contributed by atoms with E-state index in [0.717, 1.165) is 39.0 Å². The van der Waals surface area contributed by atoms with Gasteiger partial charge in [0.05, 0.1) is 11.5 Å². The Labute approximate surface area is 97.7 Å². The minimum absolute atomic E-state index is 0.171. The highest BCUT2D eigenvalue weighted by molar-refractivity contribution is 7.91. The molecule has 0 aromatic rings. The Kier molecular flexibility index (Phi) is 3.56. The SMILES string of the molecule is CC1(CNC2CCS(=O)(=O)C2)CCOCC1. The summed E-state index contributed by atoms with van der Waals surface area (Å²) in [6, 6.07) is 0.171. The van der Waals surface area contributed by atoms with Crippen LogP contribution in [0.2, 0.25) is 0 Å². The Balaban J connectivity index is 1.79. The van der Waals surface area contributed by atoms with Gasteiger partial charge in [0, 0.05) is 25.8 Å². The fourth-order valence-corrected chi connectivity index (χ4v) is 4.10. The molecular formula is C11H21NO3S. The van der Waals surface area contributed by atoms with Gasteiger partial charge in [-0.05, 0) is 24.7 Å². The summed E-state index contributed by atoms with van der Waals surface area (Å²) in [7, 11) is -2.76. The minimum atomic E-state index is -2.76. The third kappa shape index (κ3) is 3.18. The molecule has 16 heavy (non-hydrogen) atoms. The number of hydrogen-bond donors (Lipinski definition) is 1. The van der Waals surface area contributed by atoms with Crippen LogP contribution in [0.25, 0.3) is 0 Å². The van der Waals surface area contributed by atoms with E-state index in [2.05, 4.69) is 12.2 Å². The molecule has 0 spiro atoms. The molecule has 4 nitrogen and oxygen atoms in total. The molecule has 2 rings (SSSR count). The highest BCUT2D eigenvalue weighted by atomic mass is 32.2. The summed E-state index contributed by atoms with van der Waals surface area (Å²) < 4.78 is 28.0. The normalized spacial score (nSPS) is 32.7. The molecule has 5 heteroatoms. The predicted octanol–water partition coefficient (Wildman–Crippen LogP) is 0.580. The second kappa shape index (κ2) is 4.63. The summed E-state index contributed by atoms with van der Waals surface area (Å²) in [5.41, 5.74) is 0.282. The molecule has 2 aliphatic rings. The van der Waals surface area contributed by atoms with Crippen LogP contribution < -0.4 is 5.32 Å². The van der Waals surface area contributed by atoms with Gasteiger partial charge >= 0.3 is 0 Å². The predicted molar refractivity (Wildman–Crippen MR) is 63.2 cm³/mol. The summed E-state index contributed by atoms with van der Waals surface area (Å²) in [5, 5.41) is 3.41. The molecule has 0 amide bonds. The Morgan fingerprint density at radius 3 is 2.62 bits per heavy atom. The number of rotatable bonds is 3. The van der Waals surface area contributed by atoms with Crippen molar-refractivity contribution >= 4 is 9.84 Å². The van der Waals surface area contributed by atoms with Crippen molar-refractivity contribution < 1.29 is 13.2 Å². The zero-order chi connectivity index (χ0) is 11.6. The molecule has 1 N–H and O–H groups in total. The average molecular weight is 247 g/mol. The molecule has 94 valence electrons. The van der Waals surface area contributed by atoms with Gasteiger partial charge in [0.15, 0.2) is 9.84 Å². The van der Waals surface area contributed by atoms with Crippen molar-refractivity contribution in [3.8, 4) is 0 Å². The number of nitrogens with one attached hydrogen (secondary N) is 1. The lowest BCUT2D eigenvalue weighted by atomic mass is 9.82. The summed E-state index contributed by atoms with van der Waals surface area (Å²) in [5.74, 6) is 0.671. The third-order valence-electron chi connectivity index (χ3n) is 3.75. The molecule has 1 atom stereocenters. The Hall–Kier alpha value is -0.130. The zero-order valence-electron chi connectivity index (χ0n) is 9.87. The molecule has 0 aromatic heterocycles. The van der Waals surface area contributed by atoms with Gasteiger partial charge in [0.25, 0.3) is 0 Å². The molecule has 0 bridgehead atoms. The van der Waals surface area contributed by atoms with Crippen LogP contribution in [0.1, 0.15) is 26.2 Å². The molecular weight excluding hydrogens is 226 g/mol. The van der Waals surface area contributed by atoms with E-state index in [4.69, 9.17) is 4.74 Å². The minimum Gasteiger partial charge on any atom is -0.381 e. The van der Waals surface area contributed by atoms with Crippen molar-refractivity contribution in [3.05, 3.63) is 0 Å². The van der Waals surface area contributed by atoms with Crippen LogP contribution in [0.4, 0.5) is 0 Å². The Bertz CT molecular complexity index is 333. The fraction of sp³-hybridized carbons (Fsp3) is 1.00. The van der Waals surface area contributed by atoms with Crippen molar-refractivity contribution in [2.24, 2.45) is 5.41 Å². The van der Waals surface area contributed by atoms with Crippen LogP contribution in [0.5, 0.6) is 0 Å². The molecule has 2 aliphatic heterocycles. The lowest BCUT2D eigenvalue weighted by molar-refractivity contribution is 0.0232. The van der Waals surface area contributed by atoms with Crippen LogP contribution >= 0.6 is 0 Å². The van der Waals surface area contributed by atoms with Gasteiger partial charge in [-0.15, -0.1) is 0 Å². The number of ether oxygens (including phenoxy) is 1. The van der Waals surface area contributed by atoms with Crippen LogP contribution in [0, 0.1) is 5.41 Å². The van der Waals surface area contributed by atoms with Crippen molar-refractivity contribution in [3.63, 3.8) is 0 Å². The fourth-order valence-electron chi connectivity index (χ4n) is 2.39. The molecule has 2 heterocycles. The molecule has 0 saturated carbocycles. The van der Waals surface area contributed by atoms with E-state index in [1.807, 2.05) is 0 Å². The van der Waals surface area contributed by atoms with Gasteiger partial charge in [-0.2, -0.15) is 0 Å². The lowest BCUT2D eigenvalue weighted by Crippen LogP contribution is -2.41. The lowest BCUT2D eigenvalue weighted by Gasteiger charge is -2.34. The average Bonchev–Trinajstić information content (AvgIpc) is 2.57. The van der Waals surface area contributed by atoms with Crippen molar-refractivity contribution in [1.29, 1.82) is 0 Å².